The van der Waals surface area contributed by atoms with Crippen LogP contribution in [0.25, 0.3) is 15.2 Å². The Bertz CT molecular complexity index is 1600. The van der Waals surface area contributed by atoms with Crippen LogP contribution in [0.4, 0.5) is 4.39 Å². The summed E-state index contributed by atoms with van der Waals surface area (Å²) >= 11 is 1.11. The van der Waals surface area contributed by atoms with Gasteiger partial charge in [-0.25, -0.2) is 18.5 Å². The summed E-state index contributed by atoms with van der Waals surface area (Å²) in [6.45, 7) is 3.40. The molecule has 208 valence electrons. The number of halogens is 1. The molecule has 0 amide bonds. The number of fused-ring (bicyclic) bond motifs is 1. The van der Waals surface area contributed by atoms with Gasteiger partial charge in [0.1, 0.15) is 33.5 Å². The van der Waals surface area contributed by atoms with Crippen LogP contribution in [0.15, 0.2) is 40.2 Å². The third-order valence-electron chi connectivity index (χ3n) is 6.26. The van der Waals surface area contributed by atoms with Crippen molar-refractivity contribution in [2.45, 2.75) is 39.0 Å². The Morgan fingerprint density at radius 2 is 1.90 bits per heavy atom. The molecule has 39 heavy (non-hydrogen) atoms. The molecule has 0 fully saturated rings. The first kappa shape index (κ1) is 28.1. The molecule has 12 nitrogen and oxygen atoms in total. The normalized spacial score (nSPS) is 13.1. The fourth-order valence-electron chi connectivity index (χ4n) is 4.27. The van der Waals surface area contributed by atoms with Gasteiger partial charge >= 0.3 is 11.7 Å². The Morgan fingerprint density at radius 3 is 2.54 bits per heavy atom. The van der Waals surface area contributed by atoms with E-state index in [1.54, 1.807) is 14.0 Å². The second kappa shape index (κ2) is 11.9. The van der Waals surface area contributed by atoms with Crippen molar-refractivity contribution < 1.29 is 28.5 Å². The second-order valence-corrected chi connectivity index (χ2v) is 9.68. The maximum absolute atomic E-state index is 14.4. The van der Waals surface area contributed by atoms with Gasteiger partial charge in [0.25, 0.3) is 5.56 Å². The van der Waals surface area contributed by atoms with Crippen LogP contribution >= 0.6 is 11.3 Å². The van der Waals surface area contributed by atoms with Gasteiger partial charge in [0.2, 0.25) is 0 Å². The van der Waals surface area contributed by atoms with Crippen molar-refractivity contribution in [1.82, 2.24) is 24.1 Å². The average Bonchev–Trinajstić information content (AvgIpc) is 3.56. The monoisotopic (exact) mass is 561 g/mol. The van der Waals surface area contributed by atoms with E-state index in [2.05, 4.69) is 10.2 Å². The van der Waals surface area contributed by atoms with Crippen LogP contribution in [0.1, 0.15) is 36.6 Å². The highest BCUT2D eigenvalue weighted by Crippen LogP contribution is 2.34. The molecule has 3 heterocycles. The minimum atomic E-state index is -1.45. The first-order valence-electron chi connectivity index (χ1n) is 12.0. The zero-order chi connectivity index (χ0) is 28.3. The van der Waals surface area contributed by atoms with E-state index in [1.807, 2.05) is 0 Å². The Labute approximate surface area is 225 Å². The maximum Gasteiger partial charge on any atom is 0.333 e. The lowest BCUT2D eigenvalue weighted by molar-refractivity contribution is -0.140. The van der Waals surface area contributed by atoms with Crippen molar-refractivity contribution >= 4 is 27.5 Å². The molecular formula is C25H28FN5O7S. The third kappa shape index (κ3) is 5.48. The number of carboxylic acid groups (broad SMARTS) is 1. The summed E-state index contributed by atoms with van der Waals surface area (Å²) < 4.78 is 33.0. The number of carboxylic acids is 1. The zero-order valence-electron chi connectivity index (χ0n) is 21.8. The topological polar surface area (TPSA) is 140 Å². The van der Waals surface area contributed by atoms with E-state index >= 15 is 0 Å². The van der Waals surface area contributed by atoms with E-state index < -0.39 is 35.2 Å². The molecule has 0 aliphatic carbocycles. The van der Waals surface area contributed by atoms with E-state index in [0.29, 0.717) is 39.5 Å². The van der Waals surface area contributed by atoms with Gasteiger partial charge in [-0.15, -0.1) is 4.80 Å². The number of methoxy groups -OCH3 is 2. The van der Waals surface area contributed by atoms with E-state index in [4.69, 9.17) is 14.2 Å². The summed E-state index contributed by atoms with van der Waals surface area (Å²) in [6, 6.07) is 2.52. The first-order chi connectivity index (χ1) is 18.7. The van der Waals surface area contributed by atoms with Gasteiger partial charge in [0, 0.05) is 31.5 Å². The maximum atomic E-state index is 14.4. The van der Waals surface area contributed by atoms with Gasteiger partial charge in [-0.3, -0.25) is 9.36 Å². The Kier molecular flexibility index (Phi) is 8.57. The minimum absolute atomic E-state index is 0.157. The number of carbonyl (C=O) groups is 1. The first-order valence-corrected chi connectivity index (χ1v) is 12.8. The number of rotatable bonds is 12. The van der Waals surface area contributed by atoms with Crippen LogP contribution in [0.5, 0.6) is 5.75 Å². The van der Waals surface area contributed by atoms with E-state index in [-0.39, 0.29) is 23.4 Å². The van der Waals surface area contributed by atoms with Gasteiger partial charge in [0.05, 0.1) is 31.4 Å². The molecule has 0 bridgehead atoms. The van der Waals surface area contributed by atoms with E-state index in [1.165, 1.54) is 54.0 Å². The summed E-state index contributed by atoms with van der Waals surface area (Å²) in [4.78, 5) is 40.8. The van der Waals surface area contributed by atoms with Gasteiger partial charge in [-0.05, 0) is 38.5 Å². The van der Waals surface area contributed by atoms with Crippen molar-refractivity contribution in [2.24, 2.45) is 0 Å². The van der Waals surface area contributed by atoms with Crippen LogP contribution < -0.4 is 16.0 Å². The molecule has 0 saturated heterocycles. The molecule has 0 saturated carbocycles. The molecule has 3 aromatic heterocycles. The van der Waals surface area contributed by atoms with Crippen LogP contribution in [0.3, 0.4) is 0 Å². The van der Waals surface area contributed by atoms with E-state index in [9.17, 15) is 23.9 Å². The standard InChI is InChI=1S/C25H28FN5O7S/c1-14-20-21(32)30(15(2)24(33)34)25(35)29(23(20)39-22(14)31-27-8-9-28-31)13-19(38-11-5-10-36-3)17-12-16(26)6-7-18(17)37-4/h6-9,12,15,19H,5,10-11,13H2,1-4H3,(H,33,34)/t15?,19-/m0/s1. The predicted octanol–water partition coefficient (Wildman–Crippen LogP) is 2.70. The number of hydrogen-bond donors (Lipinski definition) is 1. The molecule has 1 N–H and O–H groups in total. The molecule has 4 rings (SSSR count). The Balaban J connectivity index is 1.96. The van der Waals surface area contributed by atoms with Crippen molar-refractivity contribution in [2.75, 3.05) is 27.4 Å². The van der Waals surface area contributed by atoms with Crippen molar-refractivity contribution in [3.05, 3.63) is 68.4 Å². The summed E-state index contributed by atoms with van der Waals surface area (Å²) in [5, 5.41) is 18.6. The Hall–Kier alpha value is -3.88. The summed E-state index contributed by atoms with van der Waals surface area (Å²) in [7, 11) is 2.99. The molecule has 1 unspecified atom stereocenters. The number of ether oxygens (including phenoxy) is 3. The second-order valence-electron chi connectivity index (χ2n) is 8.71. The van der Waals surface area contributed by atoms with Gasteiger partial charge in [-0.1, -0.05) is 11.3 Å². The largest absolute Gasteiger partial charge is 0.496 e. The quantitative estimate of drug-likeness (QED) is 0.259. The van der Waals surface area contributed by atoms with Crippen molar-refractivity contribution in [3.8, 4) is 10.8 Å². The lowest BCUT2D eigenvalue weighted by Crippen LogP contribution is -2.44. The third-order valence-corrected chi connectivity index (χ3v) is 7.54. The highest BCUT2D eigenvalue weighted by atomic mass is 32.1. The smallest absolute Gasteiger partial charge is 0.333 e. The predicted molar refractivity (Wildman–Crippen MR) is 140 cm³/mol. The van der Waals surface area contributed by atoms with Crippen LogP contribution in [-0.4, -0.2) is 62.6 Å². The molecular weight excluding hydrogens is 533 g/mol. The highest BCUT2D eigenvalue weighted by molar-refractivity contribution is 7.21. The van der Waals surface area contributed by atoms with Crippen LogP contribution in [0, 0.1) is 12.7 Å². The number of nitrogens with zero attached hydrogens (tertiary/aromatic N) is 5. The number of thiophene rings is 1. The van der Waals surface area contributed by atoms with Crippen LogP contribution in [-0.2, 0) is 20.8 Å². The van der Waals surface area contributed by atoms with Crippen molar-refractivity contribution in [1.29, 1.82) is 0 Å². The van der Waals surface area contributed by atoms with Gasteiger partial charge < -0.3 is 19.3 Å². The van der Waals surface area contributed by atoms with Gasteiger partial charge in [-0.2, -0.15) is 10.2 Å². The molecule has 4 aromatic rings. The van der Waals surface area contributed by atoms with Crippen molar-refractivity contribution in [3.63, 3.8) is 0 Å². The summed E-state index contributed by atoms with van der Waals surface area (Å²) in [5.41, 5.74) is -0.753. The fourth-order valence-corrected chi connectivity index (χ4v) is 5.49. The number of hydrogen-bond acceptors (Lipinski definition) is 9. The molecule has 2 atom stereocenters. The molecule has 1 aromatic carbocycles. The number of benzene rings is 1. The lowest BCUT2D eigenvalue weighted by atomic mass is 10.1. The SMILES string of the molecule is COCCCO[C@@H](Cn1c(=O)n(C(C)C(=O)O)c(=O)c2c(C)c(-n3nccn3)sc21)c1cc(F)ccc1OC. The average molecular weight is 562 g/mol. The number of aryl methyl sites for hydroxylation is 1. The number of aromatic nitrogens is 5. The number of aliphatic carboxylic acids is 1. The van der Waals surface area contributed by atoms with E-state index in [0.717, 1.165) is 11.3 Å². The minimum Gasteiger partial charge on any atom is -0.496 e. The molecule has 14 heteroatoms. The molecule has 0 aliphatic rings. The molecule has 0 radical (unpaired) electrons. The fraction of sp³-hybridized carbons (Fsp3) is 0.400. The highest BCUT2D eigenvalue weighted by Gasteiger charge is 2.28. The zero-order valence-corrected chi connectivity index (χ0v) is 22.6. The Morgan fingerprint density at radius 1 is 1.18 bits per heavy atom. The lowest BCUT2D eigenvalue weighted by Gasteiger charge is -2.23. The molecule has 0 aliphatic heterocycles. The van der Waals surface area contributed by atoms with Gasteiger partial charge in [0.15, 0.2) is 0 Å². The summed E-state index contributed by atoms with van der Waals surface area (Å²) in [6.07, 6.45) is 2.58. The summed E-state index contributed by atoms with van der Waals surface area (Å²) in [5.74, 6) is -1.54. The molecule has 0 spiro atoms. The van der Waals surface area contributed by atoms with Crippen LogP contribution in [0.2, 0.25) is 0 Å².